The molecule has 0 heterocycles. The molecule has 0 N–H and O–H groups in total. The van der Waals surface area contributed by atoms with Crippen molar-refractivity contribution >= 4 is 0 Å². The summed E-state index contributed by atoms with van der Waals surface area (Å²) in [7, 11) is 0. The van der Waals surface area contributed by atoms with Crippen LogP contribution in [0.25, 0.3) is 0 Å². The van der Waals surface area contributed by atoms with E-state index in [0.29, 0.717) is 5.92 Å². The van der Waals surface area contributed by atoms with Crippen molar-refractivity contribution < 1.29 is 5.11 Å². The molecule has 0 aromatic rings. The fraction of sp³-hybridized carbons (Fsp3) is 0.800. The molecule has 66 valence electrons. The minimum Gasteiger partial charge on any atom is -0.849 e. The number of rotatable bonds is 6. The lowest BCUT2D eigenvalue weighted by atomic mass is 9.93. The van der Waals surface area contributed by atoms with Gasteiger partial charge in [0.1, 0.15) is 0 Å². The van der Waals surface area contributed by atoms with E-state index in [1.54, 1.807) is 0 Å². The third kappa shape index (κ3) is 4.20. The maximum absolute atomic E-state index is 11.2. The van der Waals surface area contributed by atoms with Crippen molar-refractivity contribution in [1.82, 2.24) is 0 Å². The Kier molecular flexibility index (Phi) is 6.24. The maximum Gasteiger partial charge on any atom is -0.0508 e. The van der Waals surface area contributed by atoms with Crippen molar-refractivity contribution in [2.75, 3.05) is 0 Å². The van der Waals surface area contributed by atoms with Gasteiger partial charge in [-0.2, -0.15) is 0 Å². The van der Waals surface area contributed by atoms with Gasteiger partial charge in [-0.1, -0.05) is 45.4 Å². The molecule has 1 nitrogen and oxygen atoms in total. The highest BCUT2D eigenvalue weighted by Gasteiger charge is 2.05. The summed E-state index contributed by atoms with van der Waals surface area (Å²) in [5, 5.41) is 11.2. The molecule has 0 saturated carbocycles. The molecular formula is C10H19O-. The van der Waals surface area contributed by atoms with Gasteiger partial charge in [0, 0.05) is 0 Å². The summed E-state index contributed by atoms with van der Waals surface area (Å²) < 4.78 is 0. The Bertz CT molecular complexity index is 99.0. The molecule has 0 spiro atoms. The first kappa shape index (κ1) is 10.7. The predicted octanol–water partition coefficient (Wildman–Crippen LogP) is 2.12. The van der Waals surface area contributed by atoms with Gasteiger partial charge in [0.2, 0.25) is 0 Å². The number of hydrogen-bond donors (Lipinski definition) is 0. The average molecular weight is 155 g/mol. The Balaban J connectivity index is 3.64. The molecule has 0 saturated heterocycles. The Morgan fingerprint density at radius 1 is 1.45 bits per heavy atom. The molecule has 0 fully saturated rings. The van der Waals surface area contributed by atoms with Crippen LogP contribution in [0.4, 0.5) is 0 Å². The van der Waals surface area contributed by atoms with E-state index in [1.165, 1.54) is 18.9 Å². The van der Waals surface area contributed by atoms with Gasteiger partial charge >= 0.3 is 0 Å². The lowest BCUT2D eigenvalue weighted by Crippen LogP contribution is -2.31. The van der Waals surface area contributed by atoms with Crippen LogP contribution in [-0.2, 0) is 0 Å². The minimum absolute atomic E-state index is 0.312. The Labute approximate surface area is 70.1 Å². The van der Waals surface area contributed by atoms with Crippen LogP contribution in [0.2, 0.25) is 0 Å². The number of unbranched alkanes of at least 4 members (excludes halogenated alkanes) is 1. The van der Waals surface area contributed by atoms with Crippen molar-refractivity contribution in [3.05, 3.63) is 12.7 Å². The molecule has 0 aliphatic heterocycles. The maximum atomic E-state index is 11.2. The zero-order valence-electron chi connectivity index (χ0n) is 7.68. The monoisotopic (exact) mass is 155 g/mol. The van der Waals surface area contributed by atoms with E-state index in [-0.39, 0.29) is 0 Å². The second-order valence-corrected chi connectivity index (χ2v) is 3.01. The van der Waals surface area contributed by atoms with E-state index in [4.69, 9.17) is 0 Å². The van der Waals surface area contributed by atoms with Gasteiger partial charge in [-0.25, -0.2) is 0 Å². The third-order valence-electron chi connectivity index (χ3n) is 2.15. The highest BCUT2D eigenvalue weighted by Crippen LogP contribution is 2.15. The molecule has 0 aromatic carbocycles. The first-order chi connectivity index (χ1) is 5.26. The smallest absolute Gasteiger partial charge is 0.0508 e. The van der Waals surface area contributed by atoms with Crippen molar-refractivity contribution in [3.8, 4) is 0 Å². The van der Waals surface area contributed by atoms with Crippen LogP contribution in [0.15, 0.2) is 12.7 Å². The molecule has 0 radical (unpaired) electrons. The van der Waals surface area contributed by atoms with Crippen LogP contribution in [0.5, 0.6) is 0 Å². The Morgan fingerprint density at radius 3 is 2.45 bits per heavy atom. The summed E-state index contributed by atoms with van der Waals surface area (Å²) in [6, 6.07) is 0. The summed E-state index contributed by atoms with van der Waals surface area (Å²) in [6.07, 6.45) is 5.38. The van der Waals surface area contributed by atoms with Gasteiger partial charge in [0.15, 0.2) is 0 Å². The van der Waals surface area contributed by atoms with Gasteiger partial charge in [-0.3, -0.25) is 0 Å². The van der Waals surface area contributed by atoms with Crippen LogP contribution in [0, 0.1) is 5.92 Å². The van der Waals surface area contributed by atoms with Crippen molar-refractivity contribution in [1.29, 1.82) is 0 Å². The SMILES string of the molecule is C=CC([O-])C(CC)CCCC. The lowest BCUT2D eigenvalue weighted by molar-refractivity contribution is -0.416. The molecule has 2 atom stereocenters. The van der Waals surface area contributed by atoms with E-state index in [2.05, 4.69) is 20.4 Å². The molecule has 0 aliphatic rings. The second kappa shape index (κ2) is 6.41. The molecule has 1 heteroatoms. The van der Waals surface area contributed by atoms with E-state index in [9.17, 15) is 5.11 Å². The van der Waals surface area contributed by atoms with E-state index < -0.39 is 6.10 Å². The lowest BCUT2D eigenvalue weighted by Gasteiger charge is -2.28. The molecule has 0 rings (SSSR count). The van der Waals surface area contributed by atoms with Crippen LogP contribution < -0.4 is 5.11 Å². The van der Waals surface area contributed by atoms with Gasteiger partial charge in [0.25, 0.3) is 0 Å². The first-order valence-electron chi connectivity index (χ1n) is 4.54. The van der Waals surface area contributed by atoms with Gasteiger partial charge < -0.3 is 5.11 Å². The molecule has 0 aromatic heterocycles. The normalized spacial score (nSPS) is 15.9. The van der Waals surface area contributed by atoms with Gasteiger partial charge in [-0.05, 0) is 0 Å². The zero-order chi connectivity index (χ0) is 8.69. The van der Waals surface area contributed by atoms with Crippen molar-refractivity contribution in [2.45, 2.75) is 45.6 Å². The van der Waals surface area contributed by atoms with Crippen LogP contribution in [0.3, 0.4) is 0 Å². The van der Waals surface area contributed by atoms with Crippen molar-refractivity contribution in [2.24, 2.45) is 5.92 Å². The van der Waals surface area contributed by atoms with Crippen LogP contribution in [-0.4, -0.2) is 6.10 Å². The summed E-state index contributed by atoms with van der Waals surface area (Å²) in [4.78, 5) is 0. The summed E-state index contributed by atoms with van der Waals surface area (Å²) in [6.45, 7) is 7.76. The van der Waals surface area contributed by atoms with E-state index >= 15 is 0 Å². The Hall–Kier alpha value is -0.300. The van der Waals surface area contributed by atoms with Gasteiger partial charge in [-0.15, -0.1) is 18.8 Å². The highest BCUT2D eigenvalue weighted by atomic mass is 16.3. The fourth-order valence-corrected chi connectivity index (χ4v) is 1.26. The molecule has 2 unspecified atom stereocenters. The second-order valence-electron chi connectivity index (χ2n) is 3.01. The largest absolute Gasteiger partial charge is 0.849 e. The average Bonchev–Trinajstić information content (AvgIpc) is 2.05. The fourth-order valence-electron chi connectivity index (χ4n) is 1.26. The first-order valence-corrected chi connectivity index (χ1v) is 4.54. The summed E-state index contributed by atoms with van der Waals surface area (Å²) in [5.74, 6) is 0.312. The molecule has 11 heavy (non-hydrogen) atoms. The third-order valence-corrected chi connectivity index (χ3v) is 2.15. The highest BCUT2D eigenvalue weighted by molar-refractivity contribution is 4.82. The van der Waals surface area contributed by atoms with Crippen molar-refractivity contribution in [3.63, 3.8) is 0 Å². The summed E-state index contributed by atoms with van der Waals surface area (Å²) in [5.41, 5.74) is 0. The van der Waals surface area contributed by atoms with Gasteiger partial charge in [0.05, 0.1) is 0 Å². The quantitative estimate of drug-likeness (QED) is 0.539. The van der Waals surface area contributed by atoms with Crippen LogP contribution >= 0.6 is 0 Å². The summed E-state index contributed by atoms with van der Waals surface area (Å²) >= 11 is 0. The topological polar surface area (TPSA) is 23.1 Å². The predicted molar refractivity (Wildman–Crippen MR) is 47.3 cm³/mol. The Morgan fingerprint density at radius 2 is 2.09 bits per heavy atom. The zero-order valence-corrected chi connectivity index (χ0v) is 7.68. The number of hydrogen-bond acceptors (Lipinski definition) is 1. The van der Waals surface area contributed by atoms with E-state index in [0.717, 1.165) is 12.8 Å². The molecule has 0 bridgehead atoms. The standard InChI is InChI=1S/C10H19O/c1-4-7-8-9(5-2)10(11)6-3/h6,9-10H,3-5,7-8H2,1-2H3/q-1. The molecule has 0 aliphatic carbocycles. The molecular weight excluding hydrogens is 136 g/mol. The van der Waals surface area contributed by atoms with Crippen LogP contribution in [0.1, 0.15) is 39.5 Å². The molecule has 0 amide bonds. The minimum atomic E-state index is -0.549. The van der Waals surface area contributed by atoms with E-state index in [1.807, 2.05) is 0 Å².